The third-order valence-electron chi connectivity index (χ3n) is 3.14. The number of hydrogen-bond acceptors (Lipinski definition) is 6. The summed E-state index contributed by atoms with van der Waals surface area (Å²) in [6.07, 6.45) is 2.98. The fourth-order valence-electron chi connectivity index (χ4n) is 1.97. The van der Waals surface area contributed by atoms with E-state index in [1.54, 1.807) is 6.21 Å². The van der Waals surface area contributed by atoms with E-state index in [9.17, 15) is 4.79 Å². The lowest BCUT2D eigenvalue weighted by Crippen LogP contribution is -2.13. The summed E-state index contributed by atoms with van der Waals surface area (Å²) in [6.45, 7) is 0.481. The molecule has 0 saturated carbocycles. The third kappa shape index (κ3) is 5.25. The molecule has 0 fully saturated rings. The summed E-state index contributed by atoms with van der Waals surface area (Å²) in [5.74, 6) is 1.01. The molecule has 0 radical (unpaired) electrons. The van der Waals surface area contributed by atoms with E-state index in [0.29, 0.717) is 6.61 Å². The molecule has 0 aliphatic carbocycles. The average molecular weight is 400 g/mol. The lowest BCUT2D eigenvalue weighted by Gasteiger charge is -2.07. The van der Waals surface area contributed by atoms with Gasteiger partial charge in [-0.25, -0.2) is 9.89 Å². The van der Waals surface area contributed by atoms with Crippen molar-refractivity contribution in [3.05, 3.63) is 80.8 Å². The van der Waals surface area contributed by atoms with Gasteiger partial charge in [0.05, 0.1) is 12.4 Å². The summed E-state index contributed by atoms with van der Waals surface area (Å²) in [5.41, 5.74) is 4.04. The maximum absolute atomic E-state index is 11.0. The van der Waals surface area contributed by atoms with E-state index in [1.807, 2.05) is 48.5 Å². The van der Waals surface area contributed by atoms with Crippen LogP contribution in [0.2, 0.25) is 0 Å². The molecule has 0 aliphatic heterocycles. The van der Waals surface area contributed by atoms with Gasteiger partial charge in [-0.3, -0.25) is 5.43 Å². The van der Waals surface area contributed by atoms with Crippen LogP contribution in [-0.4, -0.2) is 21.4 Å². The summed E-state index contributed by atoms with van der Waals surface area (Å²) in [7, 11) is 0. The van der Waals surface area contributed by atoms with Crippen molar-refractivity contribution in [1.29, 1.82) is 0 Å². The molecule has 25 heavy (non-hydrogen) atoms. The predicted molar refractivity (Wildman–Crippen MR) is 98.8 cm³/mol. The number of rotatable bonds is 6. The van der Waals surface area contributed by atoms with Crippen molar-refractivity contribution >= 4 is 28.0 Å². The van der Waals surface area contributed by atoms with E-state index in [4.69, 9.17) is 4.74 Å². The van der Waals surface area contributed by atoms with E-state index in [1.165, 1.54) is 6.20 Å². The highest BCUT2D eigenvalue weighted by Crippen LogP contribution is 2.16. The average Bonchev–Trinajstić information content (AvgIpc) is 2.62. The molecule has 1 heterocycles. The monoisotopic (exact) mass is 399 g/mol. The first-order chi connectivity index (χ1) is 12.2. The minimum absolute atomic E-state index is 0.266. The molecule has 0 spiro atoms. The maximum Gasteiger partial charge on any atom is 0.363 e. The quantitative estimate of drug-likeness (QED) is 0.490. The zero-order chi connectivity index (χ0) is 17.5. The normalized spacial score (nSPS) is 10.8. The number of nitrogens with one attached hydrogen (secondary N) is 2. The lowest BCUT2D eigenvalue weighted by atomic mass is 10.2. The molecule has 2 N–H and O–H groups in total. The highest BCUT2D eigenvalue weighted by atomic mass is 79.9. The van der Waals surface area contributed by atoms with Crippen molar-refractivity contribution in [3.8, 4) is 5.75 Å². The Hall–Kier alpha value is -3.00. The molecule has 0 saturated heterocycles. The summed E-state index contributed by atoms with van der Waals surface area (Å²) < 4.78 is 6.82. The zero-order valence-corrected chi connectivity index (χ0v) is 14.6. The van der Waals surface area contributed by atoms with Crippen molar-refractivity contribution in [3.63, 3.8) is 0 Å². The molecule has 0 bridgehead atoms. The first kappa shape index (κ1) is 16.8. The molecule has 8 heteroatoms. The van der Waals surface area contributed by atoms with Gasteiger partial charge < -0.3 is 4.74 Å². The van der Waals surface area contributed by atoms with Crippen LogP contribution in [0.25, 0.3) is 0 Å². The molecule has 0 amide bonds. The number of aromatic amines is 1. The standard InChI is InChI=1S/C17H14BrN5O2/c18-14-6-4-12(5-7-14)11-25-15-3-1-2-13(8-15)9-19-22-16-10-20-23-17(24)21-16/h1-10H,11H2,(H2,21,22,23,24)/b19-9+. The Kier molecular flexibility index (Phi) is 5.53. The van der Waals surface area contributed by atoms with Crippen molar-refractivity contribution in [2.45, 2.75) is 6.61 Å². The second-order valence-electron chi connectivity index (χ2n) is 5.03. The number of anilines is 1. The van der Waals surface area contributed by atoms with Crippen molar-refractivity contribution in [2.75, 3.05) is 5.43 Å². The third-order valence-corrected chi connectivity index (χ3v) is 3.67. The van der Waals surface area contributed by atoms with Crippen LogP contribution in [-0.2, 0) is 6.61 Å². The van der Waals surface area contributed by atoms with Gasteiger partial charge in [-0.2, -0.15) is 15.2 Å². The van der Waals surface area contributed by atoms with E-state index < -0.39 is 5.69 Å². The molecule has 0 atom stereocenters. The predicted octanol–water partition coefficient (Wildman–Crippen LogP) is 2.95. The number of benzene rings is 2. The van der Waals surface area contributed by atoms with Crippen molar-refractivity contribution in [2.24, 2.45) is 5.10 Å². The number of hydrazone groups is 1. The Bertz CT molecular complexity index is 925. The second-order valence-corrected chi connectivity index (χ2v) is 5.95. The smallest absolute Gasteiger partial charge is 0.363 e. The van der Waals surface area contributed by atoms with Gasteiger partial charge in [-0.05, 0) is 35.4 Å². The summed E-state index contributed by atoms with van der Waals surface area (Å²) in [6, 6.07) is 15.5. The van der Waals surface area contributed by atoms with Crippen LogP contribution >= 0.6 is 15.9 Å². The Morgan fingerprint density at radius 3 is 2.88 bits per heavy atom. The molecule has 7 nitrogen and oxygen atoms in total. The van der Waals surface area contributed by atoms with E-state index >= 15 is 0 Å². The van der Waals surface area contributed by atoms with Gasteiger partial charge in [0.2, 0.25) is 0 Å². The number of halogens is 1. The van der Waals surface area contributed by atoms with E-state index in [-0.39, 0.29) is 5.82 Å². The summed E-state index contributed by atoms with van der Waals surface area (Å²) >= 11 is 3.41. The Morgan fingerprint density at radius 2 is 2.08 bits per heavy atom. The minimum atomic E-state index is -0.538. The highest BCUT2D eigenvalue weighted by Gasteiger charge is 1.98. The van der Waals surface area contributed by atoms with Gasteiger partial charge in [0.25, 0.3) is 0 Å². The first-order valence-electron chi connectivity index (χ1n) is 7.37. The van der Waals surface area contributed by atoms with E-state index in [0.717, 1.165) is 21.3 Å². The number of H-pyrrole nitrogens is 1. The largest absolute Gasteiger partial charge is 0.489 e. The Balaban J connectivity index is 1.60. The van der Waals surface area contributed by atoms with E-state index in [2.05, 4.69) is 41.6 Å². The number of hydrogen-bond donors (Lipinski definition) is 2. The molecule has 1 aromatic heterocycles. The number of nitrogens with zero attached hydrogens (tertiary/aromatic N) is 3. The maximum atomic E-state index is 11.0. The van der Waals surface area contributed by atoms with Gasteiger partial charge >= 0.3 is 5.69 Å². The zero-order valence-electron chi connectivity index (χ0n) is 13.0. The summed E-state index contributed by atoms with van der Waals surface area (Å²) in [4.78, 5) is 14.7. The van der Waals surface area contributed by atoms with Crippen LogP contribution in [0.4, 0.5) is 5.82 Å². The van der Waals surface area contributed by atoms with Crippen LogP contribution in [0.15, 0.2) is 69.1 Å². The van der Waals surface area contributed by atoms with Gasteiger partial charge in [-0.1, -0.05) is 40.2 Å². The van der Waals surface area contributed by atoms with Crippen LogP contribution in [0.5, 0.6) is 5.75 Å². The number of ether oxygens (including phenoxy) is 1. The van der Waals surface area contributed by atoms with Gasteiger partial charge in [-0.15, -0.1) is 0 Å². The lowest BCUT2D eigenvalue weighted by molar-refractivity contribution is 0.306. The van der Waals surface area contributed by atoms with Crippen LogP contribution in [0.3, 0.4) is 0 Å². The molecular weight excluding hydrogens is 386 g/mol. The van der Waals surface area contributed by atoms with Crippen LogP contribution < -0.4 is 15.9 Å². The van der Waals surface area contributed by atoms with Crippen molar-refractivity contribution in [1.82, 2.24) is 15.2 Å². The first-order valence-corrected chi connectivity index (χ1v) is 8.16. The number of aromatic nitrogens is 3. The van der Waals surface area contributed by atoms with Gasteiger partial charge in [0.1, 0.15) is 12.4 Å². The van der Waals surface area contributed by atoms with Gasteiger partial charge in [0, 0.05) is 4.47 Å². The highest BCUT2D eigenvalue weighted by molar-refractivity contribution is 9.10. The molecule has 3 aromatic rings. The SMILES string of the molecule is O=c1nc(N/N=C/c2cccc(OCc3ccc(Br)cc3)c2)cn[nH]1. The molecule has 0 unspecified atom stereocenters. The van der Waals surface area contributed by atoms with Crippen molar-refractivity contribution < 1.29 is 4.74 Å². The molecule has 0 aliphatic rings. The van der Waals surface area contributed by atoms with Crippen LogP contribution in [0.1, 0.15) is 11.1 Å². The Labute approximate surface area is 151 Å². The second kappa shape index (κ2) is 8.20. The minimum Gasteiger partial charge on any atom is -0.489 e. The van der Waals surface area contributed by atoms with Gasteiger partial charge in [0.15, 0.2) is 5.82 Å². The topological polar surface area (TPSA) is 92.3 Å². The molecular formula is C17H14BrN5O2. The fraction of sp³-hybridized carbons (Fsp3) is 0.0588. The summed E-state index contributed by atoms with van der Waals surface area (Å²) in [5, 5.41) is 9.84. The molecule has 3 rings (SSSR count). The fourth-order valence-corrected chi connectivity index (χ4v) is 2.23. The van der Waals surface area contributed by atoms with Crippen LogP contribution in [0, 0.1) is 0 Å². The molecule has 126 valence electrons. The molecule has 2 aromatic carbocycles. The Morgan fingerprint density at radius 1 is 1.24 bits per heavy atom.